The number of aryl methyl sites for hydroxylation is 3. The van der Waals surface area contributed by atoms with Gasteiger partial charge in [0, 0.05) is 24.4 Å². The van der Waals surface area contributed by atoms with E-state index >= 15 is 0 Å². The van der Waals surface area contributed by atoms with Crippen LogP contribution < -0.4 is 5.43 Å². The van der Waals surface area contributed by atoms with Crippen LogP contribution >= 0.6 is 11.3 Å². The average Bonchev–Trinajstić information content (AvgIpc) is 3.17. The van der Waals surface area contributed by atoms with Crippen LogP contribution in [0.25, 0.3) is 0 Å². The van der Waals surface area contributed by atoms with Crippen LogP contribution in [0.2, 0.25) is 0 Å². The quantitative estimate of drug-likeness (QED) is 0.359. The van der Waals surface area contributed by atoms with Gasteiger partial charge in [0.05, 0.1) is 5.69 Å². The molecule has 5 heteroatoms. The van der Waals surface area contributed by atoms with Crippen molar-refractivity contribution in [2.75, 3.05) is 18.5 Å². The summed E-state index contributed by atoms with van der Waals surface area (Å²) in [6.07, 6.45) is 4.79. The highest BCUT2D eigenvalue weighted by molar-refractivity contribution is 7.09. The van der Waals surface area contributed by atoms with E-state index in [2.05, 4.69) is 43.6 Å². The number of benzene rings is 1. The van der Waals surface area contributed by atoms with Gasteiger partial charge in [-0.3, -0.25) is 10.2 Å². The van der Waals surface area contributed by atoms with Crippen molar-refractivity contribution >= 4 is 28.6 Å². The molecule has 4 nitrogen and oxygen atoms in total. The molecule has 0 atom stereocenters. The molecule has 0 spiro atoms. The van der Waals surface area contributed by atoms with Gasteiger partial charge in [0.2, 0.25) is 0 Å². The Balaban J connectivity index is 2.20. The van der Waals surface area contributed by atoms with Gasteiger partial charge in [0.25, 0.3) is 5.91 Å². The lowest BCUT2D eigenvalue weighted by atomic mass is 10.1. The normalized spacial score (nSPS) is 11.1. The summed E-state index contributed by atoms with van der Waals surface area (Å²) >= 11 is 1.69. The Hall–Kier alpha value is -2.66. The fourth-order valence-corrected chi connectivity index (χ4v) is 3.29. The first kappa shape index (κ1) is 20.6. The maximum absolute atomic E-state index is 13.0. The van der Waals surface area contributed by atoms with Gasteiger partial charge in [-0.15, -0.1) is 24.5 Å². The van der Waals surface area contributed by atoms with E-state index in [0.717, 1.165) is 12.1 Å². The highest BCUT2D eigenvalue weighted by Gasteiger charge is 2.18. The lowest BCUT2D eigenvalue weighted by Crippen LogP contribution is -2.37. The minimum absolute atomic E-state index is 0.0947. The SMILES string of the molecule is C=CCN(CC=C)C(=O)/C(CCc1cccs1)=N/Nc1ccc(C)c(C)c1. The summed E-state index contributed by atoms with van der Waals surface area (Å²) in [4.78, 5) is 15.9. The van der Waals surface area contributed by atoms with Crippen LogP contribution in [0.5, 0.6) is 0 Å². The van der Waals surface area contributed by atoms with Crippen LogP contribution in [0.4, 0.5) is 5.69 Å². The summed E-state index contributed by atoms with van der Waals surface area (Å²) in [7, 11) is 0. The van der Waals surface area contributed by atoms with E-state index in [-0.39, 0.29) is 5.91 Å². The van der Waals surface area contributed by atoms with Crippen molar-refractivity contribution in [1.29, 1.82) is 0 Å². The van der Waals surface area contributed by atoms with Gasteiger partial charge in [-0.2, -0.15) is 5.10 Å². The Bertz CT molecular complexity index is 799. The molecule has 27 heavy (non-hydrogen) atoms. The summed E-state index contributed by atoms with van der Waals surface area (Å²) in [5.41, 5.74) is 6.84. The molecule has 0 fully saturated rings. The molecule has 0 saturated carbocycles. The molecule has 1 aromatic heterocycles. The van der Waals surface area contributed by atoms with E-state index in [9.17, 15) is 4.79 Å². The number of carbonyl (C=O) groups excluding carboxylic acids is 1. The first-order valence-corrected chi connectivity index (χ1v) is 9.86. The largest absolute Gasteiger partial charge is 0.330 e. The number of carbonyl (C=O) groups is 1. The van der Waals surface area contributed by atoms with Crippen LogP contribution in [0.3, 0.4) is 0 Å². The van der Waals surface area contributed by atoms with Crippen LogP contribution in [-0.4, -0.2) is 29.6 Å². The number of nitrogens with one attached hydrogen (secondary N) is 1. The topological polar surface area (TPSA) is 44.7 Å². The van der Waals surface area contributed by atoms with Crippen LogP contribution in [0, 0.1) is 13.8 Å². The van der Waals surface area contributed by atoms with E-state index in [1.165, 1.54) is 16.0 Å². The molecule has 0 saturated heterocycles. The minimum Gasteiger partial charge on any atom is -0.330 e. The van der Waals surface area contributed by atoms with Crippen molar-refractivity contribution in [2.24, 2.45) is 5.10 Å². The van der Waals surface area contributed by atoms with E-state index in [0.29, 0.717) is 25.2 Å². The molecular formula is C22H27N3OS. The third-order valence-corrected chi connectivity index (χ3v) is 5.18. The lowest BCUT2D eigenvalue weighted by molar-refractivity contribution is -0.123. The van der Waals surface area contributed by atoms with Crippen LogP contribution in [-0.2, 0) is 11.2 Å². The van der Waals surface area contributed by atoms with Gasteiger partial charge in [-0.05, 0) is 55.0 Å². The number of anilines is 1. The van der Waals surface area contributed by atoms with Crippen molar-refractivity contribution in [3.63, 3.8) is 0 Å². The van der Waals surface area contributed by atoms with Gasteiger partial charge in [0.1, 0.15) is 5.71 Å². The molecule has 2 rings (SSSR count). The first-order valence-electron chi connectivity index (χ1n) is 8.98. The molecule has 0 aliphatic heterocycles. The average molecular weight is 382 g/mol. The number of hydrogen-bond donors (Lipinski definition) is 1. The third kappa shape index (κ3) is 6.22. The number of rotatable bonds is 10. The van der Waals surface area contributed by atoms with Gasteiger partial charge in [0.15, 0.2) is 0 Å². The zero-order valence-electron chi connectivity index (χ0n) is 16.1. The highest BCUT2D eigenvalue weighted by atomic mass is 32.1. The molecule has 2 aromatic rings. The summed E-state index contributed by atoms with van der Waals surface area (Å²) < 4.78 is 0. The Kier molecular flexibility index (Phi) is 8.01. The second-order valence-electron chi connectivity index (χ2n) is 6.34. The Labute approximate surface area is 165 Å². The molecule has 1 aromatic carbocycles. The Morgan fingerprint density at radius 3 is 2.52 bits per heavy atom. The summed E-state index contributed by atoms with van der Waals surface area (Å²) in [6.45, 7) is 12.5. The number of thiophene rings is 1. The van der Waals surface area contributed by atoms with Crippen molar-refractivity contribution in [2.45, 2.75) is 26.7 Å². The van der Waals surface area contributed by atoms with Gasteiger partial charge < -0.3 is 4.90 Å². The Morgan fingerprint density at radius 1 is 1.19 bits per heavy atom. The van der Waals surface area contributed by atoms with Crippen LogP contribution in [0.15, 0.2) is 66.1 Å². The predicted octanol–water partition coefficient (Wildman–Crippen LogP) is 4.97. The number of hydrazone groups is 1. The lowest BCUT2D eigenvalue weighted by Gasteiger charge is -2.20. The molecule has 0 bridgehead atoms. The maximum atomic E-state index is 13.0. The third-order valence-electron chi connectivity index (χ3n) is 4.25. The van der Waals surface area contributed by atoms with Gasteiger partial charge in [-0.1, -0.05) is 24.3 Å². The number of nitrogens with zero attached hydrogens (tertiary/aromatic N) is 2. The summed E-state index contributed by atoms with van der Waals surface area (Å²) in [5.74, 6) is -0.0947. The molecule has 1 amide bonds. The van der Waals surface area contributed by atoms with Crippen molar-refractivity contribution < 1.29 is 4.79 Å². The van der Waals surface area contributed by atoms with Gasteiger partial charge in [-0.25, -0.2) is 0 Å². The smallest absolute Gasteiger partial charge is 0.270 e. The maximum Gasteiger partial charge on any atom is 0.270 e. The second-order valence-corrected chi connectivity index (χ2v) is 7.37. The zero-order chi connectivity index (χ0) is 19.6. The summed E-state index contributed by atoms with van der Waals surface area (Å²) in [6, 6.07) is 10.1. The molecule has 1 heterocycles. The highest BCUT2D eigenvalue weighted by Crippen LogP contribution is 2.15. The first-order chi connectivity index (χ1) is 13.0. The van der Waals surface area contributed by atoms with Crippen molar-refractivity contribution in [3.05, 3.63) is 77.0 Å². The molecule has 0 aliphatic rings. The molecular weight excluding hydrogens is 354 g/mol. The van der Waals surface area contributed by atoms with E-state index < -0.39 is 0 Å². The second kappa shape index (κ2) is 10.5. The molecule has 142 valence electrons. The van der Waals surface area contributed by atoms with E-state index in [4.69, 9.17) is 0 Å². The zero-order valence-corrected chi connectivity index (χ0v) is 16.9. The monoisotopic (exact) mass is 381 g/mol. The molecule has 0 unspecified atom stereocenters. The van der Waals surface area contributed by atoms with Crippen molar-refractivity contribution in [1.82, 2.24) is 4.90 Å². The van der Waals surface area contributed by atoms with Gasteiger partial charge >= 0.3 is 0 Å². The Morgan fingerprint density at radius 2 is 1.93 bits per heavy atom. The fraction of sp³-hybridized carbons (Fsp3) is 0.273. The fourth-order valence-electron chi connectivity index (χ4n) is 2.58. The standard InChI is InChI=1S/C22H27N3OS/c1-5-13-25(14-6-2)22(26)21(12-11-20-8-7-15-27-20)24-23-19-10-9-17(3)18(4)16-19/h5-10,15-16,23H,1-2,11-14H2,3-4H3/b24-21+. The minimum atomic E-state index is -0.0947. The molecule has 0 aliphatic carbocycles. The predicted molar refractivity (Wildman–Crippen MR) is 117 cm³/mol. The summed E-state index contributed by atoms with van der Waals surface area (Å²) in [5, 5.41) is 6.51. The number of amides is 1. The van der Waals surface area contributed by atoms with Crippen LogP contribution in [0.1, 0.15) is 22.4 Å². The molecule has 1 N–H and O–H groups in total. The van der Waals surface area contributed by atoms with E-state index in [1.807, 2.05) is 29.6 Å². The van der Waals surface area contributed by atoms with E-state index in [1.54, 1.807) is 28.4 Å². The van der Waals surface area contributed by atoms with Crippen molar-refractivity contribution in [3.8, 4) is 0 Å². The number of hydrogen-bond acceptors (Lipinski definition) is 4. The molecule has 0 radical (unpaired) electrons.